The Morgan fingerprint density at radius 2 is 2.09 bits per heavy atom. The number of carbonyl (C=O) groups is 2. The lowest BCUT2D eigenvalue weighted by atomic mass is 9.96. The highest BCUT2D eigenvalue weighted by atomic mass is 35.5. The first kappa shape index (κ1) is 14.9. The van der Waals surface area contributed by atoms with Crippen LogP contribution < -0.4 is 10.6 Å². The first-order valence-corrected chi connectivity index (χ1v) is 7.84. The molecule has 0 aliphatic carbocycles. The Bertz CT molecular complexity index is 657. The van der Waals surface area contributed by atoms with Crippen molar-refractivity contribution in [1.29, 1.82) is 0 Å². The molecule has 0 spiro atoms. The van der Waals surface area contributed by atoms with Gasteiger partial charge < -0.3 is 15.5 Å². The van der Waals surface area contributed by atoms with Gasteiger partial charge in [0.05, 0.1) is 23.9 Å². The van der Waals surface area contributed by atoms with Crippen LogP contribution >= 0.6 is 11.6 Å². The van der Waals surface area contributed by atoms with Crippen LogP contribution in [0, 0.1) is 0 Å². The monoisotopic (exact) mass is 319 g/mol. The average Bonchev–Trinajstić information content (AvgIpc) is 2.81. The Labute approximate surface area is 134 Å². The SMILES string of the molecule is CCCCN1CC2=C(C1=O)[C@@H](c1ccccc1Cl)NC(=O)N2. The van der Waals surface area contributed by atoms with Gasteiger partial charge in [0.2, 0.25) is 0 Å². The highest BCUT2D eigenvalue weighted by molar-refractivity contribution is 6.31. The predicted molar refractivity (Wildman–Crippen MR) is 84.4 cm³/mol. The van der Waals surface area contributed by atoms with Gasteiger partial charge in [-0.05, 0) is 18.1 Å². The lowest BCUT2D eigenvalue weighted by Gasteiger charge is -2.26. The van der Waals surface area contributed by atoms with Gasteiger partial charge >= 0.3 is 6.03 Å². The molecular formula is C16H18ClN3O2. The first-order chi connectivity index (χ1) is 10.6. The van der Waals surface area contributed by atoms with E-state index in [0.29, 0.717) is 29.4 Å². The number of nitrogens with zero attached hydrogens (tertiary/aromatic N) is 1. The van der Waals surface area contributed by atoms with E-state index in [4.69, 9.17) is 11.6 Å². The zero-order chi connectivity index (χ0) is 15.7. The van der Waals surface area contributed by atoms with E-state index in [2.05, 4.69) is 17.6 Å². The molecule has 3 rings (SSSR count). The van der Waals surface area contributed by atoms with Crippen molar-refractivity contribution in [1.82, 2.24) is 15.5 Å². The summed E-state index contributed by atoms with van der Waals surface area (Å²) in [6, 6.07) is 6.49. The van der Waals surface area contributed by atoms with Gasteiger partial charge in [-0.25, -0.2) is 4.79 Å². The fourth-order valence-corrected chi connectivity index (χ4v) is 3.15. The minimum atomic E-state index is -0.489. The molecule has 0 saturated heterocycles. The molecule has 5 nitrogen and oxygen atoms in total. The van der Waals surface area contributed by atoms with Gasteiger partial charge in [0.25, 0.3) is 5.91 Å². The van der Waals surface area contributed by atoms with Gasteiger partial charge in [-0.2, -0.15) is 0 Å². The standard InChI is InChI=1S/C16H18ClN3O2/c1-2-3-8-20-9-12-13(15(20)21)14(19-16(22)18-12)10-6-4-5-7-11(10)17/h4-7,14H,2-3,8-9H2,1H3,(H2,18,19,22)/t14-/m1/s1. The van der Waals surface area contributed by atoms with Crippen LogP contribution in [0.1, 0.15) is 31.4 Å². The summed E-state index contributed by atoms with van der Waals surface area (Å²) in [5.74, 6) is -0.0270. The van der Waals surface area contributed by atoms with E-state index in [1.54, 1.807) is 11.0 Å². The maximum absolute atomic E-state index is 12.7. The molecule has 0 unspecified atom stereocenters. The summed E-state index contributed by atoms with van der Waals surface area (Å²) in [4.78, 5) is 26.4. The summed E-state index contributed by atoms with van der Waals surface area (Å²) in [5.41, 5.74) is 2.04. The number of urea groups is 1. The van der Waals surface area contributed by atoms with Crippen LogP contribution in [0.5, 0.6) is 0 Å². The second kappa shape index (κ2) is 6.01. The molecule has 3 amide bonds. The summed E-state index contributed by atoms with van der Waals surface area (Å²) < 4.78 is 0. The van der Waals surface area contributed by atoms with Gasteiger partial charge in [0, 0.05) is 11.6 Å². The Balaban J connectivity index is 1.95. The van der Waals surface area contributed by atoms with Crippen molar-refractivity contribution < 1.29 is 9.59 Å². The third kappa shape index (κ3) is 2.57. The van der Waals surface area contributed by atoms with Crippen molar-refractivity contribution in [2.24, 2.45) is 0 Å². The lowest BCUT2D eigenvalue weighted by Crippen LogP contribution is -2.44. The summed E-state index contributed by atoms with van der Waals surface area (Å²) in [7, 11) is 0. The average molecular weight is 320 g/mol. The van der Waals surface area contributed by atoms with Crippen molar-refractivity contribution in [3.8, 4) is 0 Å². The minimum absolute atomic E-state index is 0.0270. The van der Waals surface area contributed by atoms with Gasteiger partial charge in [0.1, 0.15) is 0 Å². The Kier molecular flexibility index (Phi) is 4.07. The van der Waals surface area contributed by atoms with Gasteiger partial charge in [0.15, 0.2) is 0 Å². The second-order valence-corrected chi connectivity index (χ2v) is 5.93. The van der Waals surface area contributed by atoms with Crippen LogP contribution in [0.4, 0.5) is 4.79 Å². The third-order valence-electron chi connectivity index (χ3n) is 4.02. The molecule has 2 N–H and O–H groups in total. The number of halogens is 1. The van der Waals surface area contributed by atoms with E-state index in [-0.39, 0.29) is 11.9 Å². The van der Waals surface area contributed by atoms with E-state index in [0.717, 1.165) is 18.4 Å². The van der Waals surface area contributed by atoms with E-state index >= 15 is 0 Å². The summed E-state index contributed by atoms with van der Waals surface area (Å²) >= 11 is 6.24. The number of hydrogen-bond donors (Lipinski definition) is 2. The largest absolute Gasteiger partial charge is 0.333 e. The molecule has 0 radical (unpaired) electrons. The van der Waals surface area contributed by atoms with Gasteiger partial charge in [-0.1, -0.05) is 43.1 Å². The predicted octanol–water partition coefficient (Wildman–Crippen LogP) is 2.59. The molecule has 1 aromatic rings. The Hall–Kier alpha value is -2.01. The summed E-state index contributed by atoms with van der Waals surface area (Å²) in [6.07, 6.45) is 1.97. The fraction of sp³-hybridized carbons (Fsp3) is 0.375. The Morgan fingerprint density at radius 3 is 2.82 bits per heavy atom. The molecule has 6 heteroatoms. The molecule has 22 heavy (non-hydrogen) atoms. The molecule has 2 aliphatic rings. The number of rotatable bonds is 4. The first-order valence-electron chi connectivity index (χ1n) is 7.46. The zero-order valence-corrected chi connectivity index (χ0v) is 13.1. The van der Waals surface area contributed by atoms with E-state index in [1.165, 1.54) is 0 Å². The lowest BCUT2D eigenvalue weighted by molar-refractivity contribution is -0.125. The maximum atomic E-state index is 12.7. The number of nitrogens with one attached hydrogen (secondary N) is 2. The van der Waals surface area contributed by atoms with Crippen LogP contribution in [0.3, 0.4) is 0 Å². The molecule has 0 fully saturated rings. The molecule has 0 bridgehead atoms. The molecule has 2 aliphatic heterocycles. The molecule has 1 atom stereocenters. The highest BCUT2D eigenvalue weighted by Gasteiger charge is 2.40. The van der Waals surface area contributed by atoms with Crippen molar-refractivity contribution >= 4 is 23.5 Å². The number of benzene rings is 1. The third-order valence-corrected chi connectivity index (χ3v) is 4.36. The summed E-state index contributed by atoms with van der Waals surface area (Å²) in [6.45, 7) is 3.25. The van der Waals surface area contributed by atoms with Crippen molar-refractivity contribution in [3.63, 3.8) is 0 Å². The van der Waals surface area contributed by atoms with Crippen molar-refractivity contribution in [2.45, 2.75) is 25.8 Å². The smallest absolute Gasteiger partial charge is 0.319 e. The number of amides is 3. The number of unbranched alkanes of at least 4 members (excludes halogenated alkanes) is 1. The molecule has 0 saturated carbocycles. The molecule has 2 heterocycles. The Morgan fingerprint density at radius 1 is 1.32 bits per heavy atom. The van der Waals surface area contributed by atoms with E-state index < -0.39 is 6.04 Å². The van der Waals surface area contributed by atoms with Crippen LogP contribution in [0.25, 0.3) is 0 Å². The van der Waals surface area contributed by atoms with Crippen LogP contribution in [-0.2, 0) is 4.79 Å². The van der Waals surface area contributed by atoms with Crippen molar-refractivity contribution in [2.75, 3.05) is 13.1 Å². The summed E-state index contributed by atoms with van der Waals surface area (Å²) in [5, 5.41) is 6.11. The number of hydrogen-bond acceptors (Lipinski definition) is 2. The minimum Gasteiger partial charge on any atom is -0.333 e. The highest BCUT2D eigenvalue weighted by Crippen LogP contribution is 2.35. The molecule has 0 aromatic heterocycles. The fourth-order valence-electron chi connectivity index (χ4n) is 2.90. The quantitative estimate of drug-likeness (QED) is 0.896. The van der Waals surface area contributed by atoms with E-state index in [1.807, 2.05) is 18.2 Å². The topological polar surface area (TPSA) is 61.4 Å². The number of carbonyl (C=O) groups excluding carboxylic acids is 2. The van der Waals surface area contributed by atoms with E-state index in [9.17, 15) is 9.59 Å². The van der Waals surface area contributed by atoms with Gasteiger partial charge in [-0.3, -0.25) is 4.79 Å². The molecule has 1 aromatic carbocycles. The van der Waals surface area contributed by atoms with Crippen LogP contribution in [-0.4, -0.2) is 29.9 Å². The second-order valence-electron chi connectivity index (χ2n) is 5.53. The maximum Gasteiger partial charge on any atom is 0.319 e. The zero-order valence-electron chi connectivity index (χ0n) is 12.4. The van der Waals surface area contributed by atoms with Crippen molar-refractivity contribution in [3.05, 3.63) is 46.1 Å². The van der Waals surface area contributed by atoms with Crippen LogP contribution in [0.2, 0.25) is 5.02 Å². The molecule has 116 valence electrons. The normalized spacial score (nSPS) is 20.8. The van der Waals surface area contributed by atoms with Crippen LogP contribution in [0.15, 0.2) is 35.5 Å². The van der Waals surface area contributed by atoms with Gasteiger partial charge in [-0.15, -0.1) is 0 Å². The molecular weight excluding hydrogens is 302 g/mol.